The standard InChI is InChI=1S/C11H20O2Si/c1-12-11(13-2)14-9-5-8-10-6-3-4-7-10/h3,6-7,11H,4-5,8-9,14H2,1-2H3. The third-order valence-electron chi connectivity index (χ3n) is 2.53. The predicted molar refractivity (Wildman–Crippen MR) is 62.2 cm³/mol. The van der Waals surface area contributed by atoms with Crippen molar-refractivity contribution in [1.82, 2.24) is 0 Å². The van der Waals surface area contributed by atoms with Crippen LogP contribution in [0.15, 0.2) is 23.8 Å². The van der Waals surface area contributed by atoms with E-state index < -0.39 is 0 Å². The smallest absolute Gasteiger partial charge is 0.134 e. The summed E-state index contributed by atoms with van der Waals surface area (Å²) in [5, 5.41) is 0. The first-order chi connectivity index (χ1) is 6.86. The minimum absolute atomic E-state index is 0.114. The second-order valence-electron chi connectivity index (χ2n) is 3.56. The van der Waals surface area contributed by atoms with Crippen LogP contribution in [0.3, 0.4) is 0 Å². The summed E-state index contributed by atoms with van der Waals surface area (Å²) in [6, 6.07) is 1.30. The van der Waals surface area contributed by atoms with E-state index >= 15 is 0 Å². The molecule has 80 valence electrons. The molecule has 0 atom stereocenters. The van der Waals surface area contributed by atoms with E-state index in [1.807, 2.05) is 0 Å². The van der Waals surface area contributed by atoms with Gasteiger partial charge in [-0.3, -0.25) is 0 Å². The van der Waals surface area contributed by atoms with Crippen molar-refractivity contribution in [3.8, 4) is 0 Å². The summed E-state index contributed by atoms with van der Waals surface area (Å²) in [7, 11) is 3.24. The summed E-state index contributed by atoms with van der Waals surface area (Å²) < 4.78 is 10.4. The van der Waals surface area contributed by atoms with Gasteiger partial charge in [-0.1, -0.05) is 36.3 Å². The van der Waals surface area contributed by atoms with Crippen LogP contribution in [-0.4, -0.2) is 29.7 Å². The van der Waals surface area contributed by atoms with Crippen LogP contribution in [0.25, 0.3) is 0 Å². The first kappa shape index (κ1) is 11.7. The van der Waals surface area contributed by atoms with Crippen molar-refractivity contribution in [3.05, 3.63) is 23.8 Å². The highest BCUT2D eigenvalue weighted by atomic mass is 28.2. The van der Waals surface area contributed by atoms with Crippen LogP contribution in [-0.2, 0) is 9.47 Å². The molecule has 0 N–H and O–H groups in total. The summed E-state index contributed by atoms with van der Waals surface area (Å²) in [6.45, 7) is 0. The maximum atomic E-state index is 5.18. The topological polar surface area (TPSA) is 18.5 Å². The van der Waals surface area contributed by atoms with Crippen molar-refractivity contribution in [2.75, 3.05) is 14.2 Å². The first-order valence-electron chi connectivity index (χ1n) is 5.28. The molecule has 14 heavy (non-hydrogen) atoms. The molecule has 2 nitrogen and oxygen atoms in total. The fraction of sp³-hybridized carbons (Fsp3) is 0.636. The molecule has 0 amide bonds. The zero-order valence-electron chi connectivity index (χ0n) is 9.16. The van der Waals surface area contributed by atoms with Gasteiger partial charge in [0, 0.05) is 14.2 Å². The summed E-state index contributed by atoms with van der Waals surface area (Å²) in [4.78, 5) is 0. The molecule has 0 unspecified atom stereocenters. The average molecular weight is 212 g/mol. The number of rotatable bonds is 7. The van der Waals surface area contributed by atoms with Crippen molar-refractivity contribution < 1.29 is 9.47 Å². The molecule has 1 rings (SSSR count). The average Bonchev–Trinajstić information content (AvgIpc) is 2.71. The Balaban J connectivity index is 2.01. The summed E-state index contributed by atoms with van der Waals surface area (Å²) in [5.41, 5.74) is 1.50. The number of hydrogen-bond donors (Lipinski definition) is 0. The van der Waals surface area contributed by atoms with Crippen LogP contribution in [0.5, 0.6) is 0 Å². The fourth-order valence-corrected chi connectivity index (χ4v) is 3.01. The van der Waals surface area contributed by atoms with Crippen molar-refractivity contribution >= 4 is 9.52 Å². The molecule has 0 fully saturated rings. The first-order valence-corrected chi connectivity index (χ1v) is 7.09. The van der Waals surface area contributed by atoms with Crippen LogP contribution in [0.1, 0.15) is 19.3 Å². The molecule has 0 saturated heterocycles. The predicted octanol–water partition coefficient (Wildman–Crippen LogP) is 1.82. The Morgan fingerprint density at radius 1 is 1.43 bits per heavy atom. The normalized spacial score (nSPS) is 16.1. The van der Waals surface area contributed by atoms with E-state index in [1.165, 1.54) is 24.5 Å². The van der Waals surface area contributed by atoms with E-state index in [1.54, 1.807) is 14.2 Å². The molecule has 0 aromatic heterocycles. The second-order valence-corrected chi connectivity index (χ2v) is 5.51. The van der Waals surface area contributed by atoms with Crippen molar-refractivity contribution in [2.45, 2.75) is 31.2 Å². The lowest BCUT2D eigenvalue weighted by Crippen LogP contribution is -2.20. The molecule has 0 heterocycles. The van der Waals surface area contributed by atoms with Crippen molar-refractivity contribution in [1.29, 1.82) is 0 Å². The lowest BCUT2D eigenvalue weighted by Gasteiger charge is -2.12. The zero-order chi connectivity index (χ0) is 10.2. The van der Waals surface area contributed by atoms with E-state index in [9.17, 15) is 0 Å². The van der Waals surface area contributed by atoms with Gasteiger partial charge in [-0.05, 0) is 12.8 Å². The Hall–Kier alpha value is -0.383. The highest BCUT2D eigenvalue weighted by Crippen LogP contribution is 2.15. The quantitative estimate of drug-likeness (QED) is 0.364. The second kappa shape index (κ2) is 6.98. The molecule has 1 aliphatic carbocycles. The van der Waals surface area contributed by atoms with Crippen LogP contribution in [0, 0.1) is 0 Å². The number of hydrogen-bond acceptors (Lipinski definition) is 2. The van der Waals surface area contributed by atoms with E-state index in [4.69, 9.17) is 9.47 Å². The Morgan fingerprint density at radius 2 is 2.21 bits per heavy atom. The van der Waals surface area contributed by atoms with Crippen LogP contribution in [0.2, 0.25) is 6.04 Å². The van der Waals surface area contributed by atoms with E-state index in [0.29, 0.717) is 0 Å². The maximum absolute atomic E-state index is 5.18. The maximum Gasteiger partial charge on any atom is 0.134 e. The number of allylic oxidation sites excluding steroid dienone is 4. The summed E-state index contributed by atoms with van der Waals surface area (Å²) >= 11 is 0. The van der Waals surface area contributed by atoms with Gasteiger partial charge in [0.15, 0.2) is 0 Å². The molecule has 3 heteroatoms. The van der Waals surface area contributed by atoms with E-state index in [-0.39, 0.29) is 15.4 Å². The van der Waals surface area contributed by atoms with Gasteiger partial charge in [0.05, 0.1) is 9.52 Å². The van der Waals surface area contributed by atoms with E-state index in [2.05, 4.69) is 18.2 Å². The lowest BCUT2D eigenvalue weighted by atomic mass is 10.2. The minimum Gasteiger partial charge on any atom is -0.360 e. The molecular formula is C11H20O2Si. The molecular weight excluding hydrogens is 192 g/mol. The largest absolute Gasteiger partial charge is 0.360 e. The third-order valence-corrected chi connectivity index (χ3v) is 4.58. The van der Waals surface area contributed by atoms with Gasteiger partial charge in [-0.25, -0.2) is 0 Å². The summed E-state index contributed by atoms with van der Waals surface area (Å²) in [6.07, 6.45) is 10.4. The molecule has 0 aromatic carbocycles. The van der Waals surface area contributed by atoms with Gasteiger partial charge in [0.1, 0.15) is 5.91 Å². The Bertz CT molecular complexity index is 207. The number of ether oxygens (including phenoxy) is 2. The van der Waals surface area contributed by atoms with Gasteiger partial charge < -0.3 is 9.47 Å². The molecule has 0 bridgehead atoms. The van der Waals surface area contributed by atoms with Gasteiger partial charge in [0.2, 0.25) is 0 Å². The molecule has 0 radical (unpaired) electrons. The molecule has 0 aliphatic heterocycles. The molecule has 1 aliphatic rings. The van der Waals surface area contributed by atoms with Crippen molar-refractivity contribution in [2.24, 2.45) is 0 Å². The van der Waals surface area contributed by atoms with Crippen LogP contribution in [0.4, 0.5) is 0 Å². The number of methoxy groups -OCH3 is 2. The SMILES string of the molecule is COC(OC)[SiH2]CCCC1=CCC=C1. The molecule has 0 spiro atoms. The van der Waals surface area contributed by atoms with Crippen LogP contribution < -0.4 is 0 Å². The highest BCUT2D eigenvalue weighted by Gasteiger charge is 2.05. The molecule has 0 saturated carbocycles. The third kappa shape index (κ3) is 4.22. The van der Waals surface area contributed by atoms with E-state index in [0.717, 1.165) is 6.42 Å². The Labute approximate surface area is 88.8 Å². The van der Waals surface area contributed by atoms with Gasteiger partial charge in [-0.15, -0.1) is 0 Å². The lowest BCUT2D eigenvalue weighted by molar-refractivity contribution is -0.0441. The molecule has 0 aromatic rings. The Morgan fingerprint density at radius 3 is 2.79 bits per heavy atom. The zero-order valence-corrected chi connectivity index (χ0v) is 10.6. The fourth-order valence-electron chi connectivity index (χ4n) is 1.66. The van der Waals surface area contributed by atoms with Crippen molar-refractivity contribution in [3.63, 3.8) is 0 Å². The Kier molecular flexibility index (Phi) is 5.83. The van der Waals surface area contributed by atoms with Gasteiger partial charge in [0.25, 0.3) is 0 Å². The minimum atomic E-state index is -0.208. The van der Waals surface area contributed by atoms with Gasteiger partial charge in [-0.2, -0.15) is 0 Å². The van der Waals surface area contributed by atoms with Gasteiger partial charge >= 0.3 is 0 Å². The van der Waals surface area contributed by atoms with Crippen LogP contribution >= 0.6 is 0 Å². The monoisotopic (exact) mass is 212 g/mol. The highest BCUT2D eigenvalue weighted by molar-refractivity contribution is 6.36. The summed E-state index contributed by atoms with van der Waals surface area (Å²) in [5.74, 6) is 0.114.